The van der Waals surface area contributed by atoms with Crippen LogP contribution in [0.15, 0.2) is 84.0 Å². The number of carbonyl (C=O) groups is 1. The highest BCUT2D eigenvalue weighted by atomic mass is 32.2. The van der Waals surface area contributed by atoms with Gasteiger partial charge in [-0.1, -0.05) is 42.1 Å². The number of methoxy groups -OCH3 is 1. The molecule has 0 aliphatic heterocycles. The Hall–Kier alpha value is -3.98. The van der Waals surface area contributed by atoms with Gasteiger partial charge in [0.1, 0.15) is 11.5 Å². The quantitative estimate of drug-likeness (QED) is 0.239. The summed E-state index contributed by atoms with van der Waals surface area (Å²) in [5.74, 6) is 3.00. The number of ether oxygens (including phenoxy) is 2. The van der Waals surface area contributed by atoms with E-state index < -0.39 is 0 Å². The lowest BCUT2D eigenvalue weighted by Crippen LogP contribution is -2.23. The fraction of sp³-hybridized carbons (Fsp3) is 0.250. The van der Waals surface area contributed by atoms with E-state index in [4.69, 9.17) is 9.47 Å². The van der Waals surface area contributed by atoms with Gasteiger partial charge < -0.3 is 20.1 Å². The Labute approximate surface area is 221 Å². The van der Waals surface area contributed by atoms with Crippen LogP contribution in [0, 0.1) is 0 Å². The molecule has 1 aromatic heterocycles. The van der Waals surface area contributed by atoms with Crippen LogP contribution in [0.5, 0.6) is 11.5 Å². The van der Waals surface area contributed by atoms with Crippen LogP contribution in [-0.4, -0.2) is 40.1 Å². The molecule has 0 spiro atoms. The molecule has 0 saturated carbocycles. The van der Waals surface area contributed by atoms with Crippen molar-refractivity contribution in [1.82, 2.24) is 20.1 Å². The van der Waals surface area contributed by atoms with Gasteiger partial charge >= 0.3 is 0 Å². The monoisotopic (exact) mass is 517 g/mol. The van der Waals surface area contributed by atoms with Crippen LogP contribution in [0.2, 0.25) is 0 Å². The summed E-state index contributed by atoms with van der Waals surface area (Å²) in [5, 5.41) is 16.0. The highest BCUT2D eigenvalue weighted by molar-refractivity contribution is 7.99. The molecule has 0 unspecified atom stereocenters. The van der Waals surface area contributed by atoms with E-state index in [1.165, 1.54) is 11.8 Å². The molecule has 0 atom stereocenters. The number of aromatic nitrogens is 3. The first-order valence-electron chi connectivity index (χ1n) is 12.1. The predicted molar refractivity (Wildman–Crippen MR) is 146 cm³/mol. The highest BCUT2D eigenvalue weighted by Crippen LogP contribution is 2.24. The summed E-state index contributed by atoms with van der Waals surface area (Å²) in [6.07, 6.45) is 0.377. The zero-order chi connectivity index (χ0) is 25.9. The van der Waals surface area contributed by atoms with Gasteiger partial charge in [0.05, 0.1) is 20.3 Å². The number of anilines is 1. The lowest BCUT2D eigenvalue weighted by atomic mass is 10.2. The Morgan fingerprint density at radius 2 is 1.65 bits per heavy atom. The zero-order valence-electron chi connectivity index (χ0n) is 21.0. The summed E-state index contributed by atoms with van der Waals surface area (Å²) in [7, 11) is 1.63. The summed E-state index contributed by atoms with van der Waals surface area (Å²) in [5.41, 5.74) is 2.96. The van der Waals surface area contributed by atoms with E-state index in [0.29, 0.717) is 31.9 Å². The number of hydrogen-bond donors (Lipinski definition) is 2. The first-order chi connectivity index (χ1) is 18.2. The van der Waals surface area contributed by atoms with Gasteiger partial charge in [0.2, 0.25) is 5.91 Å². The van der Waals surface area contributed by atoms with Crippen LogP contribution >= 0.6 is 11.8 Å². The van der Waals surface area contributed by atoms with Crippen LogP contribution < -0.4 is 20.1 Å². The van der Waals surface area contributed by atoms with E-state index in [9.17, 15) is 4.79 Å². The van der Waals surface area contributed by atoms with Crippen LogP contribution in [0.3, 0.4) is 0 Å². The fourth-order valence-electron chi connectivity index (χ4n) is 3.63. The number of hydrogen-bond acceptors (Lipinski definition) is 7. The van der Waals surface area contributed by atoms with E-state index in [1.54, 1.807) is 7.11 Å². The number of thioether (sulfide) groups is 1. The summed E-state index contributed by atoms with van der Waals surface area (Å²) < 4.78 is 12.7. The summed E-state index contributed by atoms with van der Waals surface area (Å²) in [6.45, 7) is 3.58. The zero-order valence-corrected chi connectivity index (χ0v) is 21.8. The standard InChI is InChI=1S/C28H31N5O3S/c1-3-36-25-15-11-22(12-16-25)29-20-26-31-32-28(33(26)23-7-5-4-6-8-23)37-18-17-27(34)30-19-21-9-13-24(35-2)14-10-21/h4-16,29H,3,17-20H2,1-2H3,(H,30,34). The molecule has 0 bridgehead atoms. The molecule has 0 aliphatic rings. The normalized spacial score (nSPS) is 10.6. The summed E-state index contributed by atoms with van der Waals surface area (Å²) >= 11 is 1.51. The predicted octanol–water partition coefficient (Wildman–Crippen LogP) is 5.09. The van der Waals surface area contributed by atoms with Gasteiger partial charge in [0, 0.05) is 30.1 Å². The van der Waals surface area contributed by atoms with Crippen molar-refractivity contribution in [2.45, 2.75) is 31.6 Å². The van der Waals surface area contributed by atoms with Gasteiger partial charge in [-0.25, -0.2) is 0 Å². The third-order valence-corrected chi connectivity index (χ3v) is 6.47. The highest BCUT2D eigenvalue weighted by Gasteiger charge is 2.15. The molecule has 4 rings (SSSR count). The molecule has 0 saturated heterocycles. The molecule has 1 heterocycles. The second-order valence-electron chi connectivity index (χ2n) is 8.10. The second kappa shape index (κ2) is 13.4. The Morgan fingerprint density at radius 3 is 2.35 bits per heavy atom. The Balaban J connectivity index is 1.35. The molecule has 0 aliphatic carbocycles. The van der Waals surface area contributed by atoms with E-state index in [2.05, 4.69) is 20.8 Å². The lowest BCUT2D eigenvalue weighted by molar-refractivity contribution is -0.120. The van der Waals surface area contributed by atoms with Crippen molar-refractivity contribution in [2.24, 2.45) is 0 Å². The number of carbonyl (C=O) groups excluding carboxylic acids is 1. The largest absolute Gasteiger partial charge is 0.497 e. The molecular weight excluding hydrogens is 486 g/mol. The van der Waals surface area contributed by atoms with Crippen molar-refractivity contribution in [1.29, 1.82) is 0 Å². The van der Waals surface area contributed by atoms with Gasteiger partial charge in [-0.3, -0.25) is 9.36 Å². The minimum absolute atomic E-state index is 0.00789. The number of benzene rings is 3. The van der Waals surface area contributed by atoms with E-state index in [1.807, 2.05) is 90.4 Å². The maximum absolute atomic E-state index is 12.4. The topological polar surface area (TPSA) is 90.3 Å². The van der Waals surface area contributed by atoms with Crippen molar-refractivity contribution in [3.8, 4) is 17.2 Å². The molecule has 0 radical (unpaired) electrons. The van der Waals surface area contributed by atoms with Crippen molar-refractivity contribution in [2.75, 3.05) is 24.8 Å². The minimum Gasteiger partial charge on any atom is -0.497 e. The van der Waals surface area contributed by atoms with Crippen molar-refractivity contribution in [3.63, 3.8) is 0 Å². The maximum atomic E-state index is 12.4. The SMILES string of the molecule is CCOc1ccc(NCc2nnc(SCCC(=O)NCc3ccc(OC)cc3)n2-c2ccccc2)cc1. The van der Waals surface area contributed by atoms with Crippen LogP contribution in [0.4, 0.5) is 5.69 Å². The molecule has 2 N–H and O–H groups in total. The van der Waals surface area contributed by atoms with Gasteiger partial charge in [-0.2, -0.15) is 0 Å². The molecule has 37 heavy (non-hydrogen) atoms. The van der Waals surface area contributed by atoms with Crippen molar-refractivity contribution < 1.29 is 14.3 Å². The first-order valence-corrected chi connectivity index (χ1v) is 13.1. The second-order valence-corrected chi connectivity index (χ2v) is 9.17. The van der Waals surface area contributed by atoms with Crippen LogP contribution in [-0.2, 0) is 17.9 Å². The molecule has 4 aromatic rings. The lowest BCUT2D eigenvalue weighted by Gasteiger charge is -2.12. The first kappa shape index (κ1) is 26.1. The molecular formula is C28H31N5O3S. The van der Waals surface area contributed by atoms with Crippen LogP contribution in [0.1, 0.15) is 24.7 Å². The van der Waals surface area contributed by atoms with Gasteiger partial charge in [-0.15, -0.1) is 10.2 Å². The van der Waals surface area contributed by atoms with E-state index in [0.717, 1.165) is 39.4 Å². The van der Waals surface area contributed by atoms with Gasteiger partial charge in [-0.05, 0) is 61.0 Å². The summed E-state index contributed by atoms with van der Waals surface area (Å²) in [4.78, 5) is 12.4. The molecule has 1 amide bonds. The van der Waals surface area contributed by atoms with Gasteiger partial charge in [0.25, 0.3) is 0 Å². The minimum atomic E-state index is -0.00789. The fourth-order valence-corrected chi connectivity index (χ4v) is 4.54. The molecule has 8 nitrogen and oxygen atoms in total. The number of amides is 1. The van der Waals surface area contributed by atoms with E-state index in [-0.39, 0.29) is 5.91 Å². The third kappa shape index (κ3) is 7.50. The Morgan fingerprint density at radius 1 is 0.919 bits per heavy atom. The smallest absolute Gasteiger partial charge is 0.221 e. The van der Waals surface area contributed by atoms with Crippen molar-refractivity contribution >= 4 is 23.4 Å². The average Bonchev–Trinajstić information content (AvgIpc) is 3.35. The number of para-hydroxylation sites is 1. The average molecular weight is 518 g/mol. The molecule has 9 heteroatoms. The maximum Gasteiger partial charge on any atom is 0.221 e. The number of rotatable bonds is 13. The molecule has 0 fully saturated rings. The summed E-state index contributed by atoms with van der Waals surface area (Å²) in [6, 6.07) is 25.5. The number of nitrogens with one attached hydrogen (secondary N) is 2. The molecule has 192 valence electrons. The van der Waals surface area contributed by atoms with Crippen LogP contribution in [0.25, 0.3) is 5.69 Å². The number of nitrogens with zero attached hydrogens (tertiary/aromatic N) is 3. The molecule has 3 aromatic carbocycles. The van der Waals surface area contributed by atoms with E-state index >= 15 is 0 Å². The Bertz CT molecular complexity index is 1260. The van der Waals surface area contributed by atoms with Gasteiger partial charge in [0.15, 0.2) is 11.0 Å². The Kier molecular flexibility index (Phi) is 9.42. The third-order valence-electron chi connectivity index (χ3n) is 5.54. The van der Waals surface area contributed by atoms with Crippen molar-refractivity contribution in [3.05, 3.63) is 90.3 Å².